The van der Waals surface area contributed by atoms with Crippen molar-refractivity contribution < 1.29 is 14.0 Å². The lowest BCUT2D eigenvalue weighted by atomic mass is 9.85. The van der Waals surface area contributed by atoms with Gasteiger partial charge in [0.25, 0.3) is 11.8 Å². The van der Waals surface area contributed by atoms with Gasteiger partial charge in [-0.15, -0.1) is 0 Å². The molecule has 0 spiro atoms. The van der Waals surface area contributed by atoms with Gasteiger partial charge in [0.05, 0.1) is 24.3 Å². The molecule has 0 aliphatic heterocycles. The molecular weight excluding hydrogens is 337 g/mol. The highest BCUT2D eigenvalue weighted by atomic mass is 19.1. The Morgan fingerprint density at radius 2 is 2.12 bits per heavy atom. The van der Waals surface area contributed by atoms with Crippen molar-refractivity contribution in [3.8, 4) is 0 Å². The molecular formula is C18H22FN5O2. The van der Waals surface area contributed by atoms with E-state index >= 15 is 0 Å². The Bertz CT molecular complexity index is 791. The minimum atomic E-state index is -0.630. The van der Waals surface area contributed by atoms with Gasteiger partial charge < -0.3 is 15.2 Å². The van der Waals surface area contributed by atoms with Gasteiger partial charge in [0.15, 0.2) is 5.82 Å². The van der Waals surface area contributed by atoms with Crippen LogP contribution in [0.25, 0.3) is 0 Å². The molecule has 0 radical (unpaired) electrons. The molecule has 138 valence electrons. The SMILES string of the molecule is Cn1cncc1C(=O)N[C@H]1CCC[C@@H](CNC(=O)c2ccncc2F)C1. The third-order valence-electron chi connectivity index (χ3n) is 4.74. The summed E-state index contributed by atoms with van der Waals surface area (Å²) in [6.07, 6.45) is 9.18. The number of aryl methyl sites for hydroxylation is 1. The first-order valence-electron chi connectivity index (χ1n) is 8.69. The first-order chi connectivity index (χ1) is 12.5. The summed E-state index contributed by atoms with van der Waals surface area (Å²) in [5.41, 5.74) is 0.519. The normalized spacial score (nSPS) is 19.8. The van der Waals surface area contributed by atoms with Crippen LogP contribution in [0.15, 0.2) is 31.0 Å². The second-order valence-electron chi connectivity index (χ2n) is 6.66. The van der Waals surface area contributed by atoms with Crippen molar-refractivity contribution >= 4 is 11.8 Å². The molecule has 0 unspecified atom stereocenters. The number of aromatic nitrogens is 3. The molecule has 2 N–H and O–H groups in total. The van der Waals surface area contributed by atoms with E-state index in [9.17, 15) is 14.0 Å². The second-order valence-corrected chi connectivity index (χ2v) is 6.66. The highest BCUT2D eigenvalue weighted by Crippen LogP contribution is 2.24. The van der Waals surface area contributed by atoms with Crippen molar-refractivity contribution in [3.05, 3.63) is 48.1 Å². The van der Waals surface area contributed by atoms with E-state index in [1.165, 1.54) is 12.3 Å². The molecule has 1 aliphatic carbocycles. The van der Waals surface area contributed by atoms with E-state index in [4.69, 9.17) is 0 Å². The zero-order valence-corrected chi connectivity index (χ0v) is 14.6. The van der Waals surface area contributed by atoms with Crippen LogP contribution in [0.4, 0.5) is 4.39 Å². The molecule has 0 bridgehead atoms. The molecule has 1 aliphatic rings. The molecule has 2 amide bonds. The first-order valence-corrected chi connectivity index (χ1v) is 8.69. The topological polar surface area (TPSA) is 88.9 Å². The standard InChI is InChI=1S/C18H22FN5O2/c1-24-11-21-10-16(24)18(26)23-13-4-2-3-12(7-13)8-22-17(25)14-5-6-20-9-15(14)19/h5-6,9-13H,2-4,7-8H2,1H3,(H,22,25)(H,23,26)/t12-,13+/m1/s1. The number of carbonyl (C=O) groups is 2. The fourth-order valence-corrected chi connectivity index (χ4v) is 3.33. The predicted molar refractivity (Wildman–Crippen MR) is 92.9 cm³/mol. The zero-order chi connectivity index (χ0) is 18.5. The lowest BCUT2D eigenvalue weighted by Crippen LogP contribution is -2.41. The Balaban J connectivity index is 1.51. The summed E-state index contributed by atoms with van der Waals surface area (Å²) >= 11 is 0. The van der Waals surface area contributed by atoms with Crippen LogP contribution in [0.1, 0.15) is 46.5 Å². The van der Waals surface area contributed by atoms with Gasteiger partial charge in [-0.2, -0.15) is 0 Å². The number of halogens is 1. The number of pyridine rings is 1. The van der Waals surface area contributed by atoms with Crippen molar-refractivity contribution in [2.45, 2.75) is 31.7 Å². The van der Waals surface area contributed by atoms with Gasteiger partial charge in [-0.05, 0) is 31.2 Å². The third kappa shape index (κ3) is 4.25. The summed E-state index contributed by atoms with van der Waals surface area (Å²) < 4.78 is 15.3. The largest absolute Gasteiger partial charge is 0.352 e. The van der Waals surface area contributed by atoms with Crippen LogP contribution in [-0.2, 0) is 7.05 Å². The van der Waals surface area contributed by atoms with Gasteiger partial charge >= 0.3 is 0 Å². The molecule has 26 heavy (non-hydrogen) atoms. The Labute approximate surface area is 151 Å². The Hall–Kier alpha value is -2.77. The lowest BCUT2D eigenvalue weighted by molar-refractivity contribution is 0.0894. The van der Waals surface area contributed by atoms with E-state index in [0.29, 0.717) is 12.2 Å². The number of imidazole rings is 1. The van der Waals surface area contributed by atoms with E-state index in [1.807, 2.05) is 0 Å². The average Bonchev–Trinajstić information content (AvgIpc) is 3.06. The quantitative estimate of drug-likeness (QED) is 0.850. The summed E-state index contributed by atoms with van der Waals surface area (Å²) in [5, 5.41) is 5.83. The van der Waals surface area contributed by atoms with Gasteiger partial charge in [0, 0.05) is 25.8 Å². The Morgan fingerprint density at radius 3 is 2.85 bits per heavy atom. The summed E-state index contributed by atoms with van der Waals surface area (Å²) in [6.45, 7) is 0.457. The number of hydrogen-bond donors (Lipinski definition) is 2. The third-order valence-corrected chi connectivity index (χ3v) is 4.74. The van der Waals surface area contributed by atoms with Crippen molar-refractivity contribution in [1.29, 1.82) is 0 Å². The van der Waals surface area contributed by atoms with Crippen LogP contribution >= 0.6 is 0 Å². The average molecular weight is 359 g/mol. The molecule has 2 aromatic rings. The monoisotopic (exact) mass is 359 g/mol. The first kappa shape index (κ1) is 18.0. The van der Waals surface area contributed by atoms with E-state index in [1.54, 1.807) is 24.1 Å². The maximum atomic E-state index is 13.6. The van der Waals surface area contributed by atoms with Crippen LogP contribution in [0.5, 0.6) is 0 Å². The molecule has 2 atom stereocenters. The fraction of sp³-hybridized carbons (Fsp3) is 0.444. The lowest BCUT2D eigenvalue weighted by Gasteiger charge is -2.30. The molecule has 1 saturated carbocycles. The Morgan fingerprint density at radius 1 is 1.27 bits per heavy atom. The van der Waals surface area contributed by atoms with Crippen molar-refractivity contribution in [3.63, 3.8) is 0 Å². The van der Waals surface area contributed by atoms with Crippen LogP contribution in [0.2, 0.25) is 0 Å². The number of nitrogens with zero attached hydrogens (tertiary/aromatic N) is 3. The number of rotatable bonds is 5. The number of amides is 2. The molecule has 1 fully saturated rings. The smallest absolute Gasteiger partial charge is 0.269 e. The van der Waals surface area contributed by atoms with Crippen LogP contribution in [0.3, 0.4) is 0 Å². The summed E-state index contributed by atoms with van der Waals surface area (Å²) in [6, 6.07) is 1.42. The summed E-state index contributed by atoms with van der Waals surface area (Å²) in [7, 11) is 1.78. The maximum absolute atomic E-state index is 13.6. The minimum absolute atomic E-state index is 0.00290. The molecule has 0 saturated heterocycles. The molecule has 2 heterocycles. The van der Waals surface area contributed by atoms with Crippen LogP contribution in [0, 0.1) is 11.7 Å². The Kier molecular flexibility index (Phi) is 5.60. The van der Waals surface area contributed by atoms with Crippen molar-refractivity contribution in [1.82, 2.24) is 25.2 Å². The number of hydrogen-bond acceptors (Lipinski definition) is 4. The number of nitrogens with one attached hydrogen (secondary N) is 2. The van der Waals surface area contributed by atoms with E-state index in [0.717, 1.165) is 31.9 Å². The van der Waals surface area contributed by atoms with E-state index < -0.39 is 11.7 Å². The summed E-state index contributed by atoms with van der Waals surface area (Å²) in [4.78, 5) is 32.0. The fourth-order valence-electron chi connectivity index (χ4n) is 3.33. The van der Waals surface area contributed by atoms with Gasteiger partial charge in [0.2, 0.25) is 0 Å². The van der Waals surface area contributed by atoms with Gasteiger partial charge in [-0.1, -0.05) is 6.42 Å². The molecule has 2 aromatic heterocycles. The molecule has 3 rings (SSSR count). The summed E-state index contributed by atoms with van der Waals surface area (Å²) in [5.74, 6) is -0.964. The van der Waals surface area contributed by atoms with Crippen molar-refractivity contribution in [2.24, 2.45) is 13.0 Å². The molecule has 8 heteroatoms. The minimum Gasteiger partial charge on any atom is -0.352 e. The number of carbonyl (C=O) groups excluding carboxylic acids is 2. The van der Waals surface area contributed by atoms with Crippen molar-refractivity contribution in [2.75, 3.05) is 6.54 Å². The second kappa shape index (κ2) is 8.07. The highest BCUT2D eigenvalue weighted by Gasteiger charge is 2.25. The molecule has 0 aromatic carbocycles. The molecule has 7 nitrogen and oxygen atoms in total. The predicted octanol–water partition coefficient (Wildman–Crippen LogP) is 1.67. The van der Waals surface area contributed by atoms with E-state index in [2.05, 4.69) is 20.6 Å². The van der Waals surface area contributed by atoms with E-state index in [-0.39, 0.29) is 23.4 Å². The van der Waals surface area contributed by atoms with Gasteiger partial charge in [0.1, 0.15) is 5.69 Å². The van der Waals surface area contributed by atoms with Crippen LogP contribution < -0.4 is 10.6 Å². The van der Waals surface area contributed by atoms with Gasteiger partial charge in [-0.3, -0.25) is 14.6 Å². The highest BCUT2D eigenvalue weighted by molar-refractivity contribution is 5.94. The van der Waals surface area contributed by atoms with Gasteiger partial charge in [-0.25, -0.2) is 9.37 Å². The maximum Gasteiger partial charge on any atom is 0.269 e. The van der Waals surface area contributed by atoms with Crippen LogP contribution in [-0.4, -0.2) is 38.9 Å². The zero-order valence-electron chi connectivity index (χ0n) is 14.6.